The Morgan fingerprint density at radius 1 is 1.62 bits per heavy atom. The fourth-order valence-electron chi connectivity index (χ4n) is 0.129. The van der Waals surface area contributed by atoms with Crippen LogP contribution in [0.2, 0.25) is 0 Å². The lowest BCUT2D eigenvalue weighted by atomic mass is 10.8. The molecule has 48 valence electrons. The summed E-state index contributed by atoms with van der Waals surface area (Å²) in [5.74, 6) is 0. The number of rotatable bonds is 2. The van der Waals surface area contributed by atoms with E-state index in [9.17, 15) is 4.79 Å². The molecular weight excluding hydrogens is 174 g/mol. The number of ether oxygens (including phenoxy) is 1. The molecule has 0 bridgehead atoms. The van der Waals surface area contributed by atoms with Crippen molar-refractivity contribution in [1.29, 1.82) is 0 Å². The second-order valence-corrected chi connectivity index (χ2v) is 2.53. The van der Waals surface area contributed by atoms with Crippen LogP contribution in [0.3, 0.4) is 0 Å². The van der Waals surface area contributed by atoms with Crippen molar-refractivity contribution in [1.82, 2.24) is 0 Å². The summed E-state index contributed by atoms with van der Waals surface area (Å²) in [5, 5.41) is 0. The molecule has 0 aliphatic heterocycles. The van der Waals surface area contributed by atoms with E-state index in [4.69, 9.17) is 34.8 Å². The molecule has 0 spiro atoms. The zero-order valence-corrected chi connectivity index (χ0v) is 6.00. The molecule has 0 saturated heterocycles. The Bertz CT molecular complexity index is 82.6. The van der Waals surface area contributed by atoms with Gasteiger partial charge in [-0.2, -0.15) is 0 Å². The molecular formula is C3H3Cl3O2. The van der Waals surface area contributed by atoms with Crippen LogP contribution >= 0.6 is 34.8 Å². The van der Waals surface area contributed by atoms with E-state index in [0.29, 0.717) is 0 Å². The lowest BCUT2D eigenvalue weighted by molar-refractivity contribution is 0.178. The van der Waals surface area contributed by atoms with Crippen LogP contribution in [-0.4, -0.2) is 16.9 Å². The minimum Gasteiger partial charge on any atom is -0.451 e. The molecule has 0 amide bonds. The Balaban J connectivity index is 3.05. The van der Waals surface area contributed by atoms with E-state index in [1.54, 1.807) is 0 Å². The fraction of sp³-hybridized carbons (Fsp3) is 0.667. The minimum absolute atomic E-state index is 0.0640. The summed E-state index contributed by atoms with van der Waals surface area (Å²) in [6.45, 7) is -0.0640. The van der Waals surface area contributed by atoms with E-state index >= 15 is 0 Å². The SMILES string of the molecule is O=C(Cl)OCC(Cl)Cl. The minimum atomic E-state index is -0.892. The molecule has 0 fully saturated rings. The largest absolute Gasteiger partial charge is 0.451 e. The van der Waals surface area contributed by atoms with E-state index in [1.807, 2.05) is 0 Å². The van der Waals surface area contributed by atoms with Crippen molar-refractivity contribution < 1.29 is 9.53 Å². The molecule has 0 unspecified atom stereocenters. The van der Waals surface area contributed by atoms with Crippen molar-refractivity contribution >= 4 is 40.2 Å². The molecule has 0 saturated carbocycles. The van der Waals surface area contributed by atoms with Gasteiger partial charge in [0.1, 0.15) is 11.4 Å². The van der Waals surface area contributed by atoms with Crippen molar-refractivity contribution in [2.75, 3.05) is 6.61 Å². The number of hydrogen-bond acceptors (Lipinski definition) is 2. The molecule has 0 N–H and O–H groups in total. The van der Waals surface area contributed by atoms with Crippen molar-refractivity contribution in [2.45, 2.75) is 4.84 Å². The molecule has 2 nitrogen and oxygen atoms in total. The molecule has 0 atom stereocenters. The fourth-order valence-corrected chi connectivity index (χ4v) is 0.317. The van der Waals surface area contributed by atoms with Gasteiger partial charge in [0, 0.05) is 11.6 Å². The molecule has 0 radical (unpaired) electrons. The maximum absolute atomic E-state index is 9.77. The molecule has 0 aromatic rings. The van der Waals surface area contributed by atoms with E-state index < -0.39 is 10.3 Å². The van der Waals surface area contributed by atoms with Crippen molar-refractivity contribution in [3.63, 3.8) is 0 Å². The Hall–Kier alpha value is 0.340. The summed E-state index contributed by atoms with van der Waals surface area (Å²) in [5.41, 5.74) is -0.892. The summed E-state index contributed by atoms with van der Waals surface area (Å²) < 4.78 is 4.17. The summed E-state index contributed by atoms with van der Waals surface area (Å²) in [7, 11) is 0. The number of hydrogen-bond donors (Lipinski definition) is 0. The molecule has 0 rings (SSSR count). The van der Waals surface area contributed by atoms with Crippen molar-refractivity contribution in [3.05, 3.63) is 0 Å². The second kappa shape index (κ2) is 4.24. The first-order valence-corrected chi connectivity index (χ1v) is 2.98. The van der Waals surface area contributed by atoms with Gasteiger partial charge in [-0.1, -0.05) is 0 Å². The first-order chi connectivity index (χ1) is 3.63. The summed E-state index contributed by atoms with van der Waals surface area (Å²) in [6.07, 6.45) is 0. The predicted molar refractivity (Wildman–Crippen MR) is 32.7 cm³/mol. The lowest BCUT2D eigenvalue weighted by Crippen LogP contribution is -2.03. The Labute approximate surface area is 61.7 Å². The number of carbonyl (C=O) groups excluding carboxylic acids is 1. The normalized spacial score (nSPS) is 9.50. The average molecular weight is 177 g/mol. The molecule has 0 aromatic carbocycles. The van der Waals surface area contributed by atoms with Gasteiger partial charge in [-0.05, 0) is 0 Å². The Morgan fingerprint density at radius 2 is 2.12 bits per heavy atom. The third-order valence-electron chi connectivity index (χ3n) is 0.323. The summed E-state index contributed by atoms with van der Waals surface area (Å²) in [6, 6.07) is 0. The highest BCUT2D eigenvalue weighted by molar-refractivity contribution is 6.61. The smallest absolute Gasteiger partial charge is 0.403 e. The lowest BCUT2D eigenvalue weighted by Gasteiger charge is -1.97. The summed E-state index contributed by atoms with van der Waals surface area (Å²) in [4.78, 5) is 9.08. The van der Waals surface area contributed by atoms with Crippen LogP contribution in [0.5, 0.6) is 0 Å². The van der Waals surface area contributed by atoms with Crippen LogP contribution in [0.4, 0.5) is 4.79 Å². The van der Waals surface area contributed by atoms with Gasteiger partial charge in [-0.3, -0.25) is 0 Å². The van der Waals surface area contributed by atoms with Crippen LogP contribution in [0.1, 0.15) is 0 Å². The predicted octanol–water partition coefficient (Wildman–Crippen LogP) is 2.17. The van der Waals surface area contributed by atoms with E-state index in [2.05, 4.69) is 4.74 Å². The topological polar surface area (TPSA) is 26.3 Å². The summed E-state index contributed by atoms with van der Waals surface area (Å²) >= 11 is 15.0. The average Bonchev–Trinajstić information content (AvgIpc) is 1.61. The van der Waals surface area contributed by atoms with Gasteiger partial charge in [0.15, 0.2) is 0 Å². The zero-order valence-electron chi connectivity index (χ0n) is 3.73. The maximum atomic E-state index is 9.77. The van der Waals surface area contributed by atoms with Crippen LogP contribution in [0, 0.1) is 0 Å². The third-order valence-corrected chi connectivity index (χ3v) is 0.684. The highest BCUT2D eigenvalue weighted by Crippen LogP contribution is 2.02. The molecule has 0 heterocycles. The van der Waals surface area contributed by atoms with E-state index in [1.165, 1.54) is 0 Å². The molecule has 0 aromatic heterocycles. The van der Waals surface area contributed by atoms with Crippen LogP contribution in [0.15, 0.2) is 0 Å². The third kappa shape index (κ3) is 6.34. The van der Waals surface area contributed by atoms with Crippen molar-refractivity contribution in [2.24, 2.45) is 0 Å². The highest BCUT2D eigenvalue weighted by Gasteiger charge is 2.00. The molecule has 0 aliphatic carbocycles. The van der Waals surface area contributed by atoms with Crippen LogP contribution < -0.4 is 0 Å². The highest BCUT2D eigenvalue weighted by atomic mass is 35.5. The van der Waals surface area contributed by atoms with Crippen LogP contribution in [0.25, 0.3) is 0 Å². The second-order valence-electron chi connectivity index (χ2n) is 0.940. The monoisotopic (exact) mass is 176 g/mol. The standard InChI is InChI=1S/C3H3Cl3O2/c4-2(5)1-8-3(6)7/h2H,1H2. The van der Waals surface area contributed by atoms with Gasteiger partial charge in [0.2, 0.25) is 0 Å². The number of alkyl halides is 2. The first-order valence-electron chi connectivity index (χ1n) is 1.73. The molecule has 0 aliphatic rings. The number of halogens is 3. The van der Waals surface area contributed by atoms with Gasteiger partial charge >= 0.3 is 5.43 Å². The van der Waals surface area contributed by atoms with Gasteiger partial charge in [0.05, 0.1) is 0 Å². The molecule has 8 heavy (non-hydrogen) atoms. The first kappa shape index (κ1) is 8.34. The Morgan fingerprint density at radius 3 is 2.25 bits per heavy atom. The van der Waals surface area contributed by atoms with Gasteiger partial charge in [0.25, 0.3) is 0 Å². The van der Waals surface area contributed by atoms with E-state index in [0.717, 1.165) is 0 Å². The Kier molecular flexibility index (Phi) is 4.42. The molecule has 5 heteroatoms. The quantitative estimate of drug-likeness (QED) is 0.477. The van der Waals surface area contributed by atoms with E-state index in [-0.39, 0.29) is 6.61 Å². The van der Waals surface area contributed by atoms with Crippen molar-refractivity contribution in [3.8, 4) is 0 Å². The van der Waals surface area contributed by atoms with Gasteiger partial charge in [-0.15, -0.1) is 23.2 Å². The zero-order chi connectivity index (χ0) is 6.57. The van der Waals surface area contributed by atoms with Gasteiger partial charge < -0.3 is 4.74 Å². The maximum Gasteiger partial charge on any atom is 0.403 e. The number of carbonyl (C=O) groups is 1. The van der Waals surface area contributed by atoms with Crippen LogP contribution in [-0.2, 0) is 4.74 Å². The van der Waals surface area contributed by atoms with Gasteiger partial charge in [-0.25, -0.2) is 4.79 Å².